The monoisotopic (exact) mass is 1060 g/mol. The average molecular weight is 1060 g/mol. The SMILES string of the molecule is CC/C=C\C/C=C\C/C=C\CCCCCC(=O)OC(COC(=O)CCCCCCCCCCCCCCCCCCCCCCCCCCC/C=C\C/C=C\CCCCCCC)COP(=O)(O)OCC[N+](C)(C)C. The largest absolute Gasteiger partial charge is 0.472 e. The van der Waals surface area contributed by atoms with Crippen LogP contribution in [-0.2, 0) is 32.7 Å². The van der Waals surface area contributed by atoms with Gasteiger partial charge in [0.15, 0.2) is 6.10 Å². The molecule has 1 N–H and O–H groups in total. The predicted molar refractivity (Wildman–Crippen MR) is 316 cm³/mol. The van der Waals surface area contributed by atoms with Crippen molar-refractivity contribution in [2.45, 2.75) is 290 Å². The van der Waals surface area contributed by atoms with Gasteiger partial charge in [-0.1, -0.05) is 254 Å². The number of hydrogen-bond acceptors (Lipinski definition) is 7. The van der Waals surface area contributed by atoms with Gasteiger partial charge in [-0.15, -0.1) is 0 Å². The Kier molecular flexibility index (Phi) is 53.7. The Morgan fingerprint density at radius 3 is 1.16 bits per heavy atom. The van der Waals surface area contributed by atoms with E-state index in [-0.39, 0.29) is 32.0 Å². The number of carbonyl (C=O) groups excluding carboxylic acids is 2. The van der Waals surface area contributed by atoms with Gasteiger partial charge in [0.1, 0.15) is 19.8 Å². The molecule has 0 aromatic heterocycles. The number of hydrogen-bond donors (Lipinski definition) is 1. The van der Waals surface area contributed by atoms with E-state index in [2.05, 4.69) is 74.6 Å². The summed E-state index contributed by atoms with van der Waals surface area (Å²) in [5.41, 5.74) is 0. The Morgan fingerprint density at radius 2 is 0.770 bits per heavy atom. The molecule has 0 bridgehead atoms. The molecule has 0 aromatic rings. The molecule has 74 heavy (non-hydrogen) atoms. The van der Waals surface area contributed by atoms with Gasteiger partial charge in [-0.25, -0.2) is 4.57 Å². The summed E-state index contributed by atoms with van der Waals surface area (Å²) in [5, 5.41) is 0. The standard InChI is InChI=1S/C64H118NO8P/c1-6-8-10-12-14-16-18-20-21-22-23-24-25-26-27-28-29-30-31-32-33-34-35-36-37-38-39-40-41-42-43-45-46-48-50-52-54-56-63(66)70-60-62(61-72-74(68,69)71-59-58-65(3,4)5)73-64(67)57-55-53-51-49-47-44-19-17-15-13-11-9-7-2/h9,11,15,17-18,20,22-23,44,47,62H,6-8,10,12-14,16,19,21,24-43,45-46,48-61H2,1-5H3/p+1/b11-9-,17-15-,20-18-,23-22-,47-44-. The number of likely N-dealkylation sites (N-methyl/N-ethyl adjacent to an activating group) is 1. The minimum Gasteiger partial charge on any atom is -0.462 e. The molecule has 0 aliphatic carbocycles. The lowest BCUT2D eigenvalue weighted by molar-refractivity contribution is -0.870. The summed E-state index contributed by atoms with van der Waals surface area (Å²) in [7, 11) is 1.46. The van der Waals surface area contributed by atoms with E-state index >= 15 is 0 Å². The van der Waals surface area contributed by atoms with Gasteiger partial charge in [0.25, 0.3) is 0 Å². The molecule has 9 nitrogen and oxygen atoms in total. The molecule has 2 unspecified atom stereocenters. The molecule has 10 heteroatoms. The average Bonchev–Trinajstić information content (AvgIpc) is 3.36. The number of esters is 2. The Morgan fingerprint density at radius 1 is 0.432 bits per heavy atom. The van der Waals surface area contributed by atoms with Gasteiger partial charge >= 0.3 is 19.8 Å². The zero-order valence-corrected chi connectivity index (χ0v) is 50.0. The first-order valence-electron chi connectivity index (χ1n) is 31.0. The topological polar surface area (TPSA) is 108 Å². The molecule has 0 aliphatic heterocycles. The predicted octanol–water partition coefficient (Wildman–Crippen LogP) is 19.5. The Hall–Kier alpha value is -2.29. The summed E-state index contributed by atoms with van der Waals surface area (Å²) >= 11 is 0. The van der Waals surface area contributed by atoms with Crippen molar-refractivity contribution >= 4 is 19.8 Å². The maximum absolute atomic E-state index is 12.7. The van der Waals surface area contributed by atoms with E-state index in [1.165, 1.54) is 186 Å². The minimum absolute atomic E-state index is 0.0255. The Bertz CT molecular complexity index is 1430. The second kappa shape index (κ2) is 55.5. The molecule has 0 heterocycles. The van der Waals surface area contributed by atoms with Crippen molar-refractivity contribution in [3.05, 3.63) is 60.8 Å². The van der Waals surface area contributed by atoms with Gasteiger partial charge in [-0.3, -0.25) is 18.6 Å². The number of ether oxygens (including phenoxy) is 2. The first-order valence-corrected chi connectivity index (χ1v) is 32.5. The first kappa shape index (κ1) is 71.7. The summed E-state index contributed by atoms with van der Waals surface area (Å²) in [6.07, 6.45) is 72.0. The molecular formula is C64H119NO8P+. The lowest BCUT2D eigenvalue weighted by atomic mass is 10.0. The molecule has 432 valence electrons. The van der Waals surface area contributed by atoms with Gasteiger partial charge in [0.05, 0.1) is 27.7 Å². The maximum Gasteiger partial charge on any atom is 0.472 e. The fourth-order valence-corrected chi connectivity index (χ4v) is 9.51. The third-order valence-electron chi connectivity index (χ3n) is 13.5. The lowest BCUT2D eigenvalue weighted by Gasteiger charge is -2.24. The fourth-order valence-electron chi connectivity index (χ4n) is 8.77. The third kappa shape index (κ3) is 59.0. The molecule has 0 saturated heterocycles. The Balaban J connectivity index is 3.89. The summed E-state index contributed by atoms with van der Waals surface area (Å²) < 4.78 is 34.5. The molecule has 0 aliphatic rings. The molecule has 0 spiro atoms. The Labute approximate surface area is 457 Å². The summed E-state index contributed by atoms with van der Waals surface area (Å²) in [6.45, 7) is 4.29. The normalized spacial score (nSPS) is 13.6. The minimum atomic E-state index is -4.39. The van der Waals surface area contributed by atoms with Gasteiger partial charge in [-0.2, -0.15) is 0 Å². The summed E-state index contributed by atoms with van der Waals surface area (Å²) in [5.74, 6) is -0.824. The quantitative estimate of drug-likeness (QED) is 0.0211. The second-order valence-corrected chi connectivity index (χ2v) is 23.5. The number of unbranched alkanes of at least 4 members (excludes halogenated alkanes) is 33. The van der Waals surface area contributed by atoms with Crippen molar-refractivity contribution in [1.29, 1.82) is 0 Å². The van der Waals surface area contributed by atoms with Gasteiger partial charge in [0.2, 0.25) is 0 Å². The van der Waals surface area contributed by atoms with E-state index in [1.807, 2.05) is 21.1 Å². The molecule has 0 saturated carbocycles. The highest BCUT2D eigenvalue weighted by Crippen LogP contribution is 2.43. The van der Waals surface area contributed by atoms with Crippen molar-refractivity contribution in [3.8, 4) is 0 Å². The van der Waals surface area contributed by atoms with Crippen LogP contribution in [0.4, 0.5) is 0 Å². The number of rotatable bonds is 57. The third-order valence-corrected chi connectivity index (χ3v) is 14.5. The molecule has 0 radical (unpaired) electrons. The van der Waals surface area contributed by atoms with Crippen LogP contribution in [0.5, 0.6) is 0 Å². The van der Waals surface area contributed by atoms with Crippen LogP contribution < -0.4 is 0 Å². The van der Waals surface area contributed by atoms with Gasteiger partial charge < -0.3 is 18.9 Å². The molecule has 0 aromatic carbocycles. The molecule has 0 fully saturated rings. The number of phosphoric acid groups is 1. The van der Waals surface area contributed by atoms with E-state index in [0.717, 1.165) is 64.2 Å². The second-order valence-electron chi connectivity index (χ2n) is 22.1. The van der Waals surface area contributed by atoms with Crippen LogP contribution in [0.3, 0.4) is 0 Å². The van der Waals surface area contributed by atoms with Crippen LogP contribution in [0.15, 0.2) is 60.8 Å². The van der Waals surface area contributed by atoms with Crippen LogP contribution in [0.1, 0.15) is 284 Å². The van der Waals surface area contributed by atoms with E-state index in [1.54, 1.807) is 0 Å². The van der Waals surface area contributed by atoms with Crippen LogP contribution >= 0.6 is 7.82 Å². The molecule has 2 atom stereocenters. The number of allylic oxidation sites excluding steroid dienone is 10. The summed E-state index contributed by atoms with van der Waals surface area (Å²) in [6, 6.07) is 0. The fraction of sp³-hybridized carbons (Fsp3) is 0.812. The van der Waals surface area contributed by atoms with E-state index in [9.17, 15) is 19.0 Å². The first-order chi connectivity index (χ1) is 36.0. The molecule has 0 rings (SSSR count). The maximum atomic E-state index is 12.7. The van der Waals surface area contributed by atoms with Crippen molar-refractivity contribution in [3.63, 3.8) is 0 Å². The number of nitrogens with zero attached hydrogens (tertiary/aromatic N) is 1. The number of carbonyl (C=O) groups is 2. The zero-order chi connectivity index (χ0) is 54.2. The zero-order valence-electron chi connectivity index (χ0n) is 49.1. The van der Waals surface area contributed by atoms with Crippen LogP contribution in [0, 0.1) is 0 Å². The van der Waals surface area contributed by atoms with E-state index in [0.29, 0.717) is 17.4 Å². The van der Waals surface area contributed by atoms with E-state index < -0.39 is 26.5 Å². The van der Waals surface area contributed by atoms with E-state index in [4.69, 9.17) is 18.5 Å². The highest BCUT2D eigenvalue weighted by Gasteiger charge is 2.27. The summed E-state index contributed by atoms with van der Waals surface area (Å²) in [4.78, 5) is 35.6. The number of quaternary nitrogens is 1. The molecule has 0 amide bonds. The highest BCUT2D eigenvalue weighted by atomic mass is 31.2. The smallest absolute Gasteiger partial charge is 0.462 e. The molecular weight excluding hydrogens is 942 g/mol. The van der Waals surface area contributed by atoms with Crippen LogP contribution in [0.25, 0.3) is 0 Å². The number of phosphoric ester groups is 1. The van der Waals surface area contributed by atoms with Crippen molar-refractivity contribution < 1.29 is 42.1 Å². The van der Waals surface area contributed by atoms with Crippen molar-refractivity contribution in [2.24, 2.45) is 0 Å². The lowest BCUT2D eigenvalue weighted by Crippen LogP contribution is -2.37. The van der Waals surface area contributed by atoms with Gasteiger partial charge in [0, 0.05) is 12.8 Å². The van der Waals surface area contributed by atoms with Crippen LogP contribution in [-0.4, -0.2) is 74.9 Å². The van der Waals surface area contributed by atoms with Crippen molar-refractivity contribution in [2.75, 3.05) is 47.5 Å². The highest BCUT2D eigenvalue weighted by molar-refractivity contribution is 7.47. The van der Waals surface area contributed by atoms with Gasteiger partial charge in [-0.05, 0) is 77.0 Å². The van der Waals surface area contributed by atoms with Crippen molar-refractivity contribution in [1.82, 2.24) is 0 Å². The van der Waals surface area contributed by atoms with Crippen LogP contribution in [0.2, 0.25) is 0 Å².